The standard InChI is InChI=1S/C28H41N5O2/c1-17(2)8-7-9-19(4)26-30-31-27(33(26)22-11-12-22)23-15-32(21(6)34)16-24(23)28(35)29-25-13-10-18(3)14-20(25)5/h10,13-14,17,19,22-24H,7-9,11-12,15-16H2,1-6H3,(H,29,35)/t19-,23+,24+/m1/s1. The lowest BCUT2D eigenvalue weighted by atomic mass is 9.93. The number of benzene rings is 1. The molecular formula is C28H41N5O2. The van der Waals surface area contributed by atoms with E-state index in [4.69, 9.17) is 0 Å². The molecule has 190 valence electrons. The maximum atomic E-state index is 13.5. The van der Waals surface area contributed by atoms with Crippen molar-refractivity contribution >= 4 is 17.5 Å². The Hall–Kier alpha value is -2.70. The van der Waals surface area contributed by atoms with E-state index in [1.807, 2.05) is 26.0 Å². The molecule has 35 heavy (non-hydrogen) atoms. The highest BCUT2D eigenvalue weighted by Crippen LogP contribution is 2.43. The van der Waals surface area contributed by atoms with Crippen molar-refractivity contribution < 1.29 is 9.59 Å². The van der Waals surface area contributed by atoms with E-state index in [0.717, 1.165) is 47.7 Å². The molecule has 3 atom stereocenters. The minimum atomic E-state index is -0.356. The smallest absolute Gasteiger partial charge is 0.230 e. The number of aryl methyl sites for hydroxylation is 2. The second-order valence-electron chi connectivity index (χ2n) is 11.2. The summed E-state index contributed by atoms with van der Waals surface area (Å²) in [7, 11) is 0. The summed E-state index contributed by atoms with van der Waals surface area (Å²) in [5, 5.41) is 12.5. The molecule has 1 saturated heterocycles. The molecule has 2 aromatic rings. The van der Waals surface area contributed by atoms with Crippen LogP contribution in [0, 0.1) is 25.7 Å². The van der Waals surface area contributed by atoms with E-state index in [9.17, 15) is 9.59 Å². The lowest BCUT2D eigenvalue weighted by Crippen LogP contribution is -2.31. The van der Waals surface area contributed by atoms with Crippen molar-refractivity contribution in [2.75, 3.05) is 18.4 Å². The Morgan fingerprint density at radius 3 is 2.46 bits per heavy atom. The minimum Gasteiger partial charge on any atom is -0.341 e. The molecule has 1 saturated carbocycles. The fourth-order valence-corrected chi connectivity index (χ4v) is 5.34. The van der Waals surface area contributed by atoms with Crippen LogP contribution >= 0.6 is 0 Å². The first kappa shape index (κ1) is 25.4. The fraction of sp³-hybridized carbons (Fsp3) is 0.643. The first-order valence-electron chi connectivity index (χ1n) is 13.2. The van der Waals surface area contributed by atoms with Gasteiger partial charge in [-0.15, -0.1) is 10.2 Å². The second kappa shape index (κ2) is 10.5. The third-order valence-electron chi connectivity index (χ3n) is 7.59. The predicted octanol–water partition coefficient (Wildman–Crippen LogP) is 5.36. The van der Waals surface area contributed by atoms with Crippen molar-refractivity contribution in [2.24, 2.45) is 11.8 Å². The zero-order chi connectivity index (χ0) is 25.3. The summed E-state index contributed by atoms with van der Waals surface area (Å²) in [4.78, 5) is 27.6. The lowest BCUT2D eigenvalue weighted by molar-refractivity contribution is -0.128. The third kappa shape index (κ3) is 5.76. The molecule has 1 aliphatic carbocycles. The van der Waals surface area contributed by atoms with Gasteiger partial charge in [0.1, 0.15) is 11.6 Å². The number of carbonyl (C=O) groups is 2. The number of nitrogens with one attached hydrogen (secondary N) is 1. The highest BCUT2D eigenvalue weighted by atomic mass is 16.2. The molecule has 4 rings (SSSR count). The van der Waals surface area contributed by atoms with Gasteiger partial charge >= 0.3 is 0 Å². The minimum absolute atomic E-state index is 0.00317. The maximum Gasteiger partial charge on any atom is 0.230 e. The van der Waals surface area contributed by atoms with E-state index in [0.29, 0.717) is 31.0 Å². The Kier molecular flexibility index (Phi) is 7.62. The number of hydrogen-bond acceptors (Lipinski definition) is 4. The first-order chi connectivity index (χ1) is 16.7. The van der Waals surface area contributed by atoms with E-state index >= 15 is 0 Å². The third-order valence-corrected chi connectivity index (χ3v) is 7.59. The van der Waals surface area contributed by atoms with Crippen LogP contribution in [0.15, 0.2) is 18.2 Å². The summed E-state index contributed by atoms with van der Waals surface area (Å²) in [6.07, 6.45) is 5.72. The van der Waals surface area contributed by atoms with Gasteiger partial charge in [0.2, 0.25) is 11.8 Å². The van der Waals surface area contributed by atoms with Gasteiger partial charge in [-0.2, -0.15) is 0 Å². The molecule has 0 unspecified atom stereocenters. The van der Waals surface area contributed by atoms with Gasteiger partial charge in [0.25, 0.3) is 0 Å². The van der Waals surface area contributed by atoms with Crippen LogP contribution in [0.1, 0.15) is 100 Å². The Morgan fingerprint density at radius 2 is 1.83 bits per heavy atom. The van der Waals surface area contributed by atoms with Crippen molar-refractivity contribution in [3.05, 3.63) is 41.0 Å². The normalized spacial score (nSPS) is 20.9. The molecule has 1 aliphatic heterocycles. The van der Waals surface area contributed by atoms with Gasteiger partial charge in [-0.25, -0.2) is 0 Å². The predicted molar refractivity (Wildman–Crippen MR) is 138 cm³/mol. The first-order valence-corrected chi connectivity index (χ1v) is 13.2. The van der Waals surface area contributed by atoms with E-state index in [2.05, 4.69) is 46.9 Å². The quantitative estimate of drug-likeness (QED) is 0.525. The number of nitrogens with zero attached hydrogens (tertiary/aromatic N) is 4. The zero-order valence-electron chi connectivity index (χ0n) is 22.2. The van der Waals surface area contributed by atoms with Crippen LogP contribution < -0.4 is 5.32 Å². The molecule has 7 heteroatoms. The summed E-state index contributed by atoms with van der Waals surface area (Å²) in [5.41, 5.74) is 3.02. The Balaban J connectivity index is 1.60. The van der Waals surface area contributed by atoms with E-state index in [1.165, 1.54) is 12.8 Å². The number of hydrogen-bond donors (Lipinski definition) is 1. The van der Waals surface area contributed by atoms with E-state index in [-0.39, 0.29) is 23.7 Å². The molecule has 0 bridgehead atoms. The van der Waals surface area contributed by atoms with Crippen LogP contribution in [0.3, 0.4) is 0 Å². The summed E-state index contributed by atoms with van der Waals surface area (Å²) < 4.78 is 2.33. The number of aromatic nitrogens is 3. The van der Waals surface area contributed by atoms with Crippen molar-refractivity contribution in [3.8, 4) is 0 Å². The maximum absolute atomic E-state index is 13.5. The number of carbonyl (C=O) groups excluding carboxylic acids is 2. The van der Waals surface area contributed by atoms with Crippen molar-refractivity contribution in [3.63, 3.8) is 0 Å². The summed E-state index contributed by atoms with van der Waals surface area (Å²) in [6.45, 7) is 13.3. The molecular weight excluding hydrogens is 438 g/mol. The van der Waals surface area contributed by atoms with E-state index in [1.54, 1.807) is 11.8 Å². The van der Waals surface area contributed by atoms with Crippen molar-refractivity contribution in [1.29, 1.82) is 0 Å². The number of anilines is 1. The fourth-order valence-electron chi connectivity index (χ4n) is 5.34. The highest BCUT2D eigenvalue weighted by molar-refractivity contribution is 5.94. The molecule has 2 amide bonds. The van der Waals surface area contributed by atoms with Gasteiger partial charge in [0.05, 0.1) is 11.8 Å². The molecule has 7 nitrogen and oxygen atoms in total. The largest absolute Gasteiger partial charge is 0.341 e. The summed E-state index contributed by atoms with van der Waals surface area (Å²) in [5.74, 6) is 2.37. The van der Waals surface area contributed by atoms with Gasteiger partial charge in [-0.05, 0) is 50.7 Å². The molecule has 2 fully saturated rings. The van der Waals surface area contributed by atoms with Gasteiger partial charge in [0.15, 0.2) is 0 Å². The molecule has 0 radical (unpaired) electrons. The van der Waals surface area contributed by atoms with Crippen LogP contribution in [0.25, 0.3) is 0 Å². The molecule has 2 aliphatic rings. The van der Waals surface area contributed by atoms with Crippen LogP contribution in [0.4, 0.5) is 5.69 Å². The molecule has 1 aromatic heterocycles. The van der Waals surface area contributed by atoms with Crippen LogP contribution in [0.5, 0.6) is 0 Å². The zero-order valence-corrected chi connectivity index (χ0v) is 22.2. The SMILES string of the molecule is CC(=O)N1C[C@H](C(=O)Nc2ccc(C)cc2C)[C@@H](c2nnc([C@H](C)CCCC(C)C)n2C2CC2)C1. The molecule has 1 aromatic carbocycles. The lowest BCUT2D eigenvalue weighted by Gasteiger charge is -2.21. The van der Waals surface area contributed by atoms with Gasteiger partial charge in [0, 0.05) is 37.7 Å². The Labute approximate surface area is 209 Å². The molecule has 2 heterocycles. The van der Waals surface area contributed by atoms with Gasteiger partial charge in [-0.3, -0.25) is 9.59 Å². The summed E-state index contributed by atoms with van der Waals surface area (Å²) >= 11 is 0. The van der Waals surface area contributed by atoms with Crippen molar-refractivity contribution in [1.82, 2.24) is 19.7 Å². The van der Waals surface area contributed by atoms with Crippen LogP contribution in [-0.4, -0.2) is 44.6 Å². The van der Waals surface area contributed by atoms with Gasteiger partial charge in [-0.1, -0.05) is 51.3 Å². The van der Waals surface area contributed by atoms with Crippen molar-refractivity contribution in [2.45, 2.75) is 91.5 Å². The Morgan fingerprint density at radius 1 is 1.09 bits per heavy atom. The number of likely N-dealkylation sites (tertiary alicyclic amines) is 1. The second-order valence-corrected chi connectivity index (χ2v) is 11.2. The molecule has 1 N–H and O–H groups in total. The Bertz CT molecular complexity index is 1070. The highest BCUT2D eigenvalue weighted by Gasteiger charge is 2.44. The topological polar surface area (TPSA) is 80.1 Å². The van der Waals surface area contributed by atoms with Gasteiger partial charge < -0.3 is 14.8 Å². The van der Waals surface area contributed by atoms with E-state index < -0.39 is 0 Å². The van der Waals surface area contributed by atoms with Crippen LogP contribution in [-0.2, 0) is 9.59 Å². The number of amides is 2. The van der Waals surface area contributed by atoms with Crippen LogP contribution in [0.2, 0.25) is 0 Å². The number of rotatable bonds is 9. The average molecular weight is 480 g/mol. The summed E-state index contributed by atoms with van der Waals surface area (Å²) in [6, 6.07) is 6.45. The monoisotopic (exact) mass is 479 g/mol. The average Bonchev–Trinajstić information content (AvgIpc) is 3.36. The molecule has 0 spiro atoms.